The van der Waals surface area contributed by atoms with E-state index in [1.807, 2.05) is 19.9 Å². The molecule has 3 rings (SSSR count). The molecule has 0 saturated heterocycles. The summed E-state index contributed by atoms with van der Waals surface area (Å²) in [6, 6.07) is 12.9. The van der Waals surface area contributed by atoms with Crippen molar-refractivity contribution in [2.75, 3.05) is 5.32 Å². The molecule has 0 unspecified atom stereocenters. The van der Waals surface area contributed by atoms with Crippen molar-refractivity contribution < 1.29 is 9.59 Å². The standard InChI is InChI=1S/C19H19ClN6O2/c1-12(2)17(23-18(27)13-6-8-14(20)9-7-13)19(28)22-15-4-3-5-16(10-15)26-11-21-24-25-26/h3-12,17H,1-2H3,(H,22,28)(H,23,27)/t17-/m0/s1. The Morgan fingerprint density at radius 3 is 2.50 bits per heavy atom. The number of tetrazole rings is 1. The molecule has 0 aliphatic rings. The van der Waals surface area contributed by atoms with Gasteiger partial charge in [-0.1, -0.05) is 31.5 Å². The Bertz CT molecular complexity index is 957. The Morgan fingerprint density at radius 2 is 1.86 bits per heavy atom. The van der Waals surface area contributed by atoms with Gasteiger partial charge < -0.3 is 10.6 Å². The van der Waals surface area contributed by atoms with Gasteiger partial charge in [0.2, 0.25) is 5.91 Å². The van der Waals surface area contributed by atoms with Gasteiger partial charge in [0.05, 0.1) is 5.69 Å². The molecule has 2 aromatic carbocycles. The van der Waals surface area contributed by atoms with Gasteiger partial charge in [-0.25, -0.2) is 4.68 Å². The first kappa shape index (κ1) is 19.5. The van der Waals surface area contributed by atoms with Crippen LogP contribution in [-0.4, -0.2) is 38.1 Å². The maximum atomic E-state index is 12.8. The van der Waals surface area contributed by atoms with Gasteiger partial charge in [0.25, 0.3) is 5.91 Å². The minimum Gasteiger partial charge on any atom is -0.340 e. The van der Waals surface area contributed by atoms with E-state index in [1.165, 1.54) is 11.0 Å². The second-order valence-corrected chi connectivity index (χ2v) is 6.93. The smallest absolute Gasteiger partial charge is 0.251 e. The van der Waals surface area contributed by atoms with Crippen LogP contribution in [0.15, 0.2) is 54.9 Å². The lowest BCUT2D eigenvalue weighted by Gasteiger charge is -2.22. The first-order chi connectivity index (χ1) is 13.4. The Kier molecular flexibility index (Phi) is 6.00. The van der Waals surface area contributed by atoms with Gasteiger partial charge in [-0.2, -0.15) is 0 Å². The minimum atomic E-state index is -0.708. The zero-order chi connectivity index (χ0) is 20.1. The predicted molar refractivity (Wildman–Crippen MR) is 105 cm³/mol. The van der Waals surface area contributed by atoms with E-state index in [0.717, 1.165) is 0 Å². The third-order valence-corrected chi connectivity index (χ3v) is 4.32. The zero-order valence-corrected chi connectivity index (χ0v) is 16.1. The fourth-order valence-electron chi connectivity index (χ4n) is 2.59. The number of rotatable bonds is 6. The summed E-state index contributed by atoms with van der Waals surface area (Å²) in [5, 5.41) is 17.2. The number of nitrogens with one attached hydrogen (secondary N) is 2. The van der Waals surface area contributed by atoms with Gasteiger partial charge in [-0.15, -0.1) is 5.10 Å². The SMILES string of the molecule is CC(C)[C@H](NC(=O)c1ccc(Cl)cc1)C(=O)Nc1cccc(-n2cnnn2)c1. The van der Waals surface area contributed by atoms with E-state index in [9.17, 15) is 9.59 Å². The summed E-state index contributed by atoms with van der Waals surface area (Å²) in [6.07, 6.45) is 1.46. The first-order valence-electron chi connectivity index (χ1n) is 8.65. The van der Waals surface area contributed by atoms with E-state index in [-0.39, 0.29) is 17.7 Å². The van der Waals surface area contributed by atoms with E-state index in [4.69, 9.17) is 11.6 Å². The Morgan fingerprint density at radius 1 is 1.11 bits per heavy atom. The molecule has 0 saturated carbocycles. The molecule has 0 aliphatic heterocycles. The van der Waals surface area contributed by atoms with Gasteiger partial charge in [-0.3, -0.25) is 9.59 Å². The molecule has 3 aromatic rings. The maximum Gasteiger partial charge on any atom is 0.251 e. The maximum absolute atomic E-state index is 12.8. The molecule has 0 radical (unpaired) electrons. The van der Waals surface area contributed by atoms with Crippen LogP contribution in [0.2, 0.25) is 5.02 Å². The molecule has 0 aliphatic carbocycles. The van der Waals surface area contributed by atoms with Crippen molar-refractivity contribution in [2.24, 2.45) is 5.92 Å². The third-order valence-electron chi connectivity index (χ3n) is 4.07. The lowest BCUT2D eigenvalue weighted by molar-refractivity contribution is -0.118. The van der Waals surface area contributed by atoms with Gasteiger partial charge in [0.1, 0.15) is 12.4 Å². The van der Waals surface area contributed by atoms with E-state index >= 15 is 0 Å². The molecular weight excluding hydrogens is 380 g/mol. The number of carbonyl (C=O) groups excluding carboxylic acids is 2. The number of carbonyl (C=O) groups is 2. The van der Waals surface area contributed by atoms with Crippen LogP contribution in [0.5, 0.6) is 0 Å². The number of benzene rings is 2. The van der Waals surface area contributed by atoms with Crippen molar-refractivity contribution in [2.45, 2.75) is 19.9 Å². The van der Waals surface area contributed by atoms with Crippen molar-refractivity contribution in [3.05, 3.63) is 65.4 Å². The molecular formula is C19H19ClN6O2. The number of hydrogen-bond acceptors (Lipinski definition) is 5. The minimum absolute atomic E-state index is 0.112. The summed E-state index contributed by atoms with van der Waals surface area (Å²) < 4.78 is 1.48. The predicted octanol–water partition coefficient (Wildman–Crippen LogP) is 2.71. The molecule has 8 nitrogen and oxygen atoms in total. The molecule has 28 heavy (non-hydrogen) atoms. The van der Waals surface area contributed by atoms with E-state index < -0.39 is 6.04 Å². The lowest BCUT2D eigenvalue weighted by atomic mass is 10.0. The van der Waals surface area contributed by atoms with Crippen LogP contribution in [0.1, 0.15) is 24.2 Å². The van der Waals surface area contributed by atoms with Crippen LogP contribution in [-0.2, 0) is 4.79 Å². The Balaban J connectivity index is 1.72. The Hall–Kier alpha value is -3.26. The normalized spacial score (nSPS) is 11.9. The summed E-state index contributed by atoms with van der Waals surface area (Å²) in [5.41, 5.74) is 1.71. The highest BCUT2D eigenvalue weighted by atomic mass is 35.5. The van der Waals surface area contributed by atoms with E-state index in [0.29, 0.717) is 22.0 Å². The quantitative estimate of drug-likeness (QED) is 0.664. The fraction of sp³-hybridized carbons (Fsp3) is 0.211. The topological polar surface area (TPSA) is 102 Å². The summed E-state index contributed by atoms with van der Waals surface area (Å²) in [6.45, 7) is 3.73. The monoisotopic (exact) mass is 398 g/mol. The number of amides is 2. The fourth-order valence-corrected chi connectivity index (χ4v) is 2.71. The van der Waals surface area contributed by atoms with Crippen molar-refractivity contribution in [3.8, 4) is 5.69 Å². The first-order valence-corrected chi connectivity index (χ1v) is 9.02. The molecule has 1 atom stereocenters. The number of hydrogen-bond donors (Lipinski definition) is 2. The molecule has 2 N–H and O–H groups in total. The Labute approximate surface area is 166 Å². The van der Waals surface area contributed by atoms with Crippen LogP contribution in [0.4, 0.5) is 5.69 Å². The molecule has 2 amide bonds. The summed E-state index contributed by atoms with van der Waals surface area (Å²) in [5.74, 6) is -0.766. The highest BCUT2D eigenvalue weighted by molar-refractivity contribution is 6.30. The molecule has 0 spiro atoms. The highest BCUT2D eigenvalue weighted by Crippen LogP contribution is 2.15. The summed E-state index contributed by atoms with van der Waals surface area (Å²) in [7, 11) is 0. The van der Waals surface area contributed by atoms with Crippen LogP contribution >= 0.6 is 11.6 Å². The van der Waals surface area contributed by atoms with Gasteiger partial charge in [0.15, 0.2) is 0 Å². The third kappa shape index (κ3) is 4.72. The molecule has 0 bridgehead atoms. The van der Waals surface area contributed by atoms with Crippen molar-refractivity contribution in [1.29, 1.82) is 0 Å². The molecule has 1 aromatic heterocycles. The number of nitrogens with zero attached hydrogens (tertiary/aromatic N) is 4. The molecule has 9 heteroatoms. The second kappa shape index (κ2) is 8.62. The molecule has 0 fully saturated rings. The average molecular weight is 399 g/mol. The zero-order valence-electron chi connectivity index (χ0n) is 15.3. The average Bonchev–Trinajstić information content (AvgIpc) is 3.21. The van der Waals surface area contributed by atoms with Crippen LogP contribution in [0.25, 0.3) is 5.69 Å². The van der Waals surface area contributed by atoms with Crippen molar-refractivity contribution >= 4 is 29.1 Å². The largest absolute Gasteiger partial charge is 0.340 e. The van der Waals surface area contributed by atoms with Gasteiger partial charge in [-0.05, 0) is 58.8 Å². The molecule has 144 valence electrons. The van der Waals surface area contributed by atoms with E-state index in [1.54, 1.807) is 42.5 Å². The van der Waals surface area contributed by atoms with Crippen LogP contribution in [0, 0.1) is 5.92 Å². The summed E-state index contributed by atoms with van der Waals surface area (Å²) in [4.78, 5) is 25.3. The van der Waals surface area contributed by atoms with Crippen LogP contribution in [0.3, 0.4) is 0 Å². The number of aromatic nitrogens is 4. The highest BCUT2D eigenvalue weighted by Gasteiger charge is 2.25. The number of anilines is 1. The number of halogens is 1. The summed E-state index contributed by atoms with van der Waals surface area (Å²) >= 11 is 5.85. The molecule has 1 heterocycles. The second-order valence-electron chi connectivity index (χ2n) is 6.50. The van der Waals surface area contributed by atoms with Crippen LogP contribution < -0.4 is 10.6 Å². The van der Waals surface area contributed by atoms with E-state index in [2.05, 4.69) is 26.2 Å². The van der Waals surface area contributed by atoms with Crippen molar-refractivity contribution in [1.82, 2.24) is 25.5 Å². The van der Waals surface area contributed by atoms with Gasteiger partial charge >= 0.3 is 0 Å². The lowest BCUT2D eigenvalue weighted by Crippen LogP contribution is -2.47. The van der Waals surface area contributed by atoms with Crippen molar-refractivity contribution in [3.63, 3.8) is 0 Å². The van der Waals surface area contributed by atoms with Gasteiger partial charge in [0, 0.05) is 16.3 Å².